The standard InChI is InChI=1S/C25H28O5/c1-15(2)5-4-6-16(3)7-9-18-20(26)12-10-19-22(28)14-24(30-25(18)19)17-8-11-21(27)23(29)13-17/h5,7-8,10-13,24,26-27,29H,4,6,9,14H2,1-3H3/b16-7+/t24-/m0/s1. The van der Waals surface area contributed by atoms with E-state index in [1.165, 1.54) is 29.3 Å². The highest BCUT2D eigenvalue weighted by Gasteiger charge is 2.30. The van der Waals surface area contributed by atoms with Gasteiger partial charge in [0.15, 0.2) is 17.3 Å². The summed E-state index contributed by atoms with van der Waals surface area (Å²) in [6.45, 7) is 6.21. The second-order valence-corrected chi connectivity index (χ2v) is 8.00. The second kappa shape index (κ2) is 9.08. The molecule has 0 saturated heterocycles. The first-order valence-electron chi connectivity index (χ1n) is 10.1. The average molecular weight is 408 g/mol. The first-order valence-corrected chi connectivity index (χ1v) is 10.1. The van der Waals surface area contributed by atoms with E-state index in [1.807, 2.05) is 0 Å². The van der Waals surface area contributed by atoms with Crippen molar-refractivity contribution in [2.45, 2.75) is 52.6 Å². The van der Waals surface area contributed by atoms with Gasteiger partial charge in [-0.15, -0.1) is 0 Å². The summed E-state index contributed by atoms with van der Waals surface area (Å²) in [5.41, 5.74) is 4.11. The first-order chi connectivity index (χ1) is 14.3. The molecule has 0 radical (unpaired) electrons. The van der Waals surface area contributed by atoms with E-state index < -0.39 is 6.10 Å². The fourth-order valence-corrected chi connectivity index (χ4v) is 3.52. The van der Waals surface area contributed by atoms with Crippen LogP contribution >= 0.6 is 0 Å². The highest BCUT2D eigenvalue weighted by atomic mass is 16.5. The second-order valence-electron chi connectivity index (χ2n) is 8.00. The summed E-state index contributed by atoms with van der Waals surface area (Å²) < 4.78 is 6.13. The van der Waals surface area contributed by atoms with Crippen molar-refractivity contribution in [3.05, 3.63) is 70.3 Å². The average Bonchev–Trinajstić information content (AvgIpc) is 2.68. The molecular weight excluding hydrogens is 380 g/mol. The van der Waals surface area contributed by atoms with Crippen LogP contribution in [0.2, 0.25) is 0 Å². The monoisotopic (exact) mass is 408 g/mol. The maximum absolute atomic E-state index is 12.7. The number of fused-ring (bicyclic) bond motifs is 1. The third-order valence-electron chi connectivity index (χ3n) is 5.28. The van der Waals surface area contributed by atoms with Crippen LogP contribution in [0.15, 0.2) is 53.6 Å². The number of hydrogen-bond acceptors (Lipinski definition) is 5. The molecule has 3 rings (SSSR count). The van der Waals surface area contributed by atoms with Gasteiger partial charge in [0.25, 0.3) is 0 Å². The molecule has 0 bridgehead atoms. The SMILES string of the molecule is CC(C)=CCC/C(C)=C/Cc1c(O)ccc2c1O[C@H](c1ccc(O)c(O)c1)CC2=O. The Hall–Kier alpha value is -3.21. The molecule has 0 aromatic heterocycles. The van der Waals surface area contributed by atoms with Crippen molar-refractivity contribution in [2.24, 2.45) is 0 Å². The zero-order valence-electron chi connectivity index (χ0n) is 17.6. The molecule has 1 aliphatic rings. The number of aromatic hydroxyl groups is 3. The number of Topliss-reactive ketones (excluding diaryl/α,β-unsaturated/α-hetero) is 1. The Morgan fingerprint density at radius 1 is 1.03 bits per heavy atom. The van der Waals surface area contributed by atoms with Crippen LogP contribution in [0.25, 0.3) is 0 Å². The molecule has 0 fully saturated rings. The summed E-state index contributed by atoms with van der Waals surface area (Å²) in [5, 5.41) is 29.8. The summed E-state index contributed by atoms with van der Waals surface area (Å²) in [7, 11) is 0. The van der Waals surface area contributed by atoms with Crippen molar-refractivity contribution in [1.29, 1.82) is 0 Å². The van der Waals surface area contributed by atoms with Crippen LogP contribution in [-0.4, -0.2) is 21.1 Å². The summed E-state index contributed by atoms with van der Waals surface area (Å²) in [4.78, 5) is 12.7. The molecule has 0 saturated carbocycles. The largest absolute Gasteiger partial charge is 0.508 e. The number of phenols is 3. The fourth-order valence-electron chi connectivity index (χ4n) is 3.52. The maximum Gasteiger partial charge on any atom is 0.170 e. The van der Waals surface area contributed by atoms with Crippen molar-refractivity contribution < 1.29 is 24.9 Å². The Morgan fingerprint density at radius 2 is 1.77 bits per heavy atom. The lowest BCUT2D eigenvalue weighted by molar-refractivity contribution is 0.0847. The molecule has 2 aromatic rings. The van der Waals surface area contributed by atoms with Gasteiger partial charge in [-0.3, -0.25) is 4.79 Å². The van der Waals surface area contributed by atoms with Crippen LogP contribution in [0.3, 0.4) is 0 Å². The third kappa shape index (κ3) is 4.85. The number of ketones is 1. The molecule has 1 aliphatic heterocycles. The minimum absolute atomic E-state index is 0.0840. The van der Waals surface area contributed by atoms with E-state index >= 15 is 0 Å². The first kappa shape index (κ1) is 21.5. The predicted octanol–water partition coefficient (Wildman–Crippen LogP) is 5.75. The molecule has 3 N–H and O–H groups in total. The lowest BCUT2D eigenvalue weighted by Crippen LogP contribution is -2.21. The molecule has 0 amide bonds. The highest BCUT2D eigenvalue weighted by molar-refractivity contribution is 6.00. The Balaban J connectivity index is 1.87. The van der Waals surface area contributed by atoms with Gasteiger partial charge < -0.3 is 20.1 Å². The quantitative estimate of drug-likeness (QED) is 0.419. The number of carbonyl (C=O) groups is 1. The Morgan fingerprint density at radius 3 is 2.47 bits per heavy atom. The van der Waals surface area contributed by atoms with Crippen LogP contribution in [0, 0.1) is 0 Å². The summed E-state index contributed by atoms with van der Waals surface area (Å²) in [5.74, 6) is -0.102. The van der Waals surface area contributed by atoms with Gasteiger partial charge in [0.2, 0.25) is 0 Å². The van der Waals surface area contributed by atoms with Gasteiger partial charge in [0.1, 0.15) is 17.6 Å². The highest BCUT2D eigenvalue weighted by Crippen LogP contribution is 2.42. The van der Waals surface area contributed by atoms with Gasteiger partial charge in [-0.1, -0.05) is 29.4 Å². The van der Waals surface area contributed by atoms with E-state index in [1.54, 1.807) is 12.1 Å². The molecule has 0 aliphatic carbocycles. The summed E-state index contributed by atoms with van der Waals surface area (Å²) in [6.07, 6.45) is 6.12. The van der Waals surface area contributed by atoms with Crippen LogP contribution in [-0.2, 0) is 6.42 Å². The Kier molecular flexibility index (Phi) is 6.50. The minimum Gasteiger partial charge on any atom is -0.508 e. The van der Waals surface area contributed by atoms with Crippen molar-refractivity contribution in [2.75, 3.05) is 0 Å². The van der Waals surface area contributed by atoms with Crippen molar-refractivity contribution in [1.82, 2.24) is 0 Å². The zero-order chi connectivity index (χ0) is 21.8. The maximum atomic E-state index is 12.7. The molecule has 1 atom stereocenters. The summed E-state index contributed by atoms with van der Waals surface area (Å²) in [6, 6.07) is 7.51. The predicted molar refractivity (Wildman–Crippen MR) is 116 cm³/mol. The number of hydrogen-bond donors (Lipinski definition) is 3. The van der Waals surface area contributed by atoms with E-state index in [9.17, 15) is 20.1 Å². The molecule has 0 spiro atoms. The molecule has 2 aromatic carbocycles. The minimum atomic E-state index is -0.597. The molecule has 0 unspecified atom stereocenters. The van der Waals surface area contributed by atoms with Gasteiger partial charge in [-0.2, -0.15) is 0 Å². The van der Waals surface area contributed by atoms with Crippen LogP contribution < -0.4 is 4.74 Å². The van der Waals surface area contributed by atoms with Crippen molar-refractivity contribution >= 4 is 5.78 Å². The van der Waals surface area contributed by atoms with Gasteiger partial charge in [-0.25, -0.2) is 0 Å². The Bertz CT molecular complexity index is 1010. The van der Waals surface area contributed by atoms with Crippen molar-refractivity contribution in [3.8, 4) is 23.0 Å². The van der Waals surface area contributed by atoms with E-state index in [-0.39, 0.29) is 29.5 Å². The van der Waals surface area contributed by atoms with E-state index in [0.29, 0.717) is 28.9 Å². The smallest absolute Gasteiger partial charge is 0.170 e. The fraction of sp³-hybridized carbons (Fsp3) is 0.320. The zero-order valence-corrected chi connectivity index (χ0v) is 17.6. The van der Waals surface area contributed by atoms with Gasteiger partial charge in [0.05, 0.1) is 12.0 Å². The molecule has 30 heavy (non-hydrogen) atoms. The lowest BCUT2D eigenvalue weighted by Gasteiger charge is -2.28. The number of rotatable bonds is 6. The number of benzene rings is 2. The molecule has 5 nitrogen and oxygen atoms in total. The molecule has 5 heteroatoms. The van der Waals surface area contributed by atoms with Gasteiger partial charge in [0, 0.05) is 5.56 Å². The normalized spacial score (nSPS) is 16.0. The number of ether oxygens (including phenoxy) is 1. The van der Waals surface area contributed by atoms with E-state index in [2.05, 4.69) is 32.9 Å². The van der Waals surface area contributed by atoms with Crippen molar-refractivity contribution in [3.63, 3.8) is 0 Å². The van der Waals surface area contributed by atoms with Crippen LogP contribution in [0.1, 0.15) is 67.6 Å². The van der Waals surface area contributed by atoms with E-state index in [0.717, 1.165) is 12.8 Å². The van der Waals surface area contributed by atoms with Gasteiger partial charge >= 0.3 is 0 Å². The topological polar surface area (TPSA) is 87.0 Å². The number of carbonyl (C=O) groups excluding carboxylic acids is 1. The van der Waals surface area contributed by atoms with Crippen LogP contribution in [0.5, 0.6) is 23.0 Å². The molecular formula is C25H28O5. The van der Waals surface area contributed by atoms with Crippen LogP contribution in [0.4, 0.5) is 0 Å². The lowest BCUT2D eigenvalue weighted by atomic mass is 9.92. The molecule has 1 heterocycles. The van der Waals surface area contributed by atoms with E-state index in [4.69, 9.17) is 4.74 Å². The number of phenolic OH excluding ortho intramolecular Hbond substituents is 3. The summed E-state index contributed by atoms with van der Waals surface area (Å²) >= 11 is 0. The Labute approximate surface area is 177 Å². The third-order valence-corrected chi connectivity index (χ3v) is 5.28. The van der Waals surface area contributed by atoms with Gasteiger partial charge in [-0.05, 0) is 69.9 Å². The molecule has 158 valence electrons. The number of allylic oxidation sites excluding steroid dienone is 4.